The van der Waals surface area contributed by atoms with Crippen molar-refractivity contribution in [3.8, 4) is 0 Å². The van der Waals surface area contributed by atoms with Crippen molar-refractivity contribution < 1.29 is 29.0 Å². The van der Waals surface area contributed by atoms with E-state index in [0.717, 1.165) is 23.2 Å². The number of anilines is 1. The Morgan fingerprint density at radius 2 is 1.95 bits per heavy atom. The number of carbonyl (C=O) groups excluding carboxylic acids is 3. The van der Waals surface area contributed by atoms with Crippen LogP contribution in [0.2, 0.25) is 0 Å². The highest BCUT2D eigenvalue weighted by Gasteiger charge is 2.75. The minimum atomic E-state index is -1.16. The van der Waals surface area contributed by atoms with Crippen LogP contribution in [0.4, 0.5) is 5.69 Å². The molecular formula is C32H44N2O6. The number of para-hydroxylation sites is 1. The van der Waals surface area contributed by atoms with E-state index < -0.39 is 41.6 Å². The number of hydrogen-bond acceptors (Lipinski definition) is 6. The average molecular weight is 553 g/mol. The molecule has 3 aliphatic heterocycles. The molecule has 40 heavy (non-hydrogen) atoms. The molecule has 2 unspecified atom stereocenters. The predicted octanol–water partition coefficient (Wildman–Crippen LogP) is 4.11. The summed E-state index contributed by atoms with van der Waals surface area (Å²) in [5.41, 5.74) is 1.47. The summed E-state index contributed by atoms with van der Waals surface area (Å²) in [7, 11) is 0. The van der Waals surface area contributed by atoms with Crippen LogP contribution in [0.1, 0.15) is 57.1 Å². The fraction of sp³-hybridized carbons (Fsp3) is 0.594. The molecule has 2 amide bonds. The maximum Gasteiger partial charge on any atom is 0.312 e. The summed E-state index contributed by atoms with van der Waals surface area (Å²) >= 11 is 0. The van der Waals surface area contributed by atoms with E-state index >= 15 is 0 Å². The molecule has 3 saturated heterocycles. The molecule has 0 radical (unpaired) electrons. The number of rotatable bonds is 13. The topological polar surface area (TPSA) is 96.4 Å². The Hall–Kier alpha value is -2.97. The SMILES string of the molecule is C=CCCCOC(=O)[C@@H]1[C@@H]2CCC3(O2)C(C(=O)N(CC=C)c2c(C)cccc2C)N([C@@H](CO)CC(C)C)C(=O)[C@H]13. The molecule has 0 saturated carbocycles. The number of unbranched alkanes of at least 4 members (excludes halogenated alkanes) is 1. The Kier molecular flexibility index (Phi) is 9.20. The van der Waals surface area contributed by atoms with Crippen molar-refractivity contribution in [3.63, 3.8) is 0 Å². The second-order valence-electron chi connectivity index (χ2n) is 11.8. The van der Waals surface area contributed by atoms with Gasteiger partial charge >= 0.3 is 5.97 Å². The maximum atomic E-state index is 14.7. The van der Waals surface area contributed by atoms with Gasteiger partial charge in [0.05, 0.1) is 37.2 Å². The molecule has 1 N–H and O–H groups in total. The van der Waals surface area contributed by atoms with Crippen LogP contribution in [0.15, 0.2) is 43.5 Å². The molecule has 4 rings (SSSR count). The van der Waals surface area contributed by atoms with Gasteiger partial charge in [-0.2, -0.15) is 0 Å². The highest BCUT2D eigenvalue weighted by molar-refractivity contribution is 6.05. The van der Waals surface area contributed by atoms with Crippen LogP contribution >= 0.6 is 0 Å². The Bertz CT molecular complexity index is 1130. The highest BCUT2D eigenvalue weighted by atomic mass is 16.6. The number of aliphatic hydroxyl groups is 1. The molecular weight excluding hydrogens is 508 g/mol. The normalized spacial score (nSPS) is 27.6. The van der Waals surface area contributed by atoms with Gasteiger partial charge in [-0.25, -0.2) is 0 Å². The van der Waals surface area contributed by atoms with Gasteiger partial charge in [-0.05, 0) is 63.0 Å². The third kappa shape index (κ3) is 5.12. The maximum absolute atomic E-state index is 14.7. The summed E-state index contributed by atoms with van der Waals surface area (Å²) in [4.78, 5) is 45.7. The van der Waals surface area contributed by atoms with Crippen LogP contribution in [0.25, 0.3) is 0 Å². The number of hydrogen-bond donors (Lipinski definition) is 1. The standard InChI is InChI=1S/C32H44N2O6/c1-7-9-10-17-39-31(38)25-24-14-15-32(40-24)26(25)29(36)34(23(19-35)18-20(3)4)28(32)30(37)33(16-8-2)27-21(5)12-11-13-22(27)6/h7-8,11-13,20,23-26,28,35H,1-2,9-10,14-19H2,3-6H3/t23-,24+,25-,26+,28?,32?/m1/s1. The van der Waals surface area contributed by atoms with E-state index in [9.17, 15) is 19.5 Å². The largest absolute Gasteiger partial charge is 0.465 e. The fourth-order valence-corrected chi connectivity index (χ4v) is 7.15. The summed E-state index contributed by atoms with van der Waals surface area (Å²) in [5, 5.41) is 10.5. The molecule has 3 heterocycles. The summed E-state index contributed by atoms with van der Waals surface area (Å²) < 4.78 is 12.2. The van der Waals surface area contributed by atoms with E-state index in [1.807, 2.05) is 45.9 Å². The number of fused-ring (bicyclic) bond motifs is 1. The zero-order valence-electron chi connectivity index (χ0n) is 24.3. The molecule has 2 bridgehead atoms. The lowest BCUT2D eigenvalue weighted by Gasteiger charge is -2.40. The van der Waals surface area contributed by atoms with Gasteiger partial charge in [0.1, 0.15) is 11.6 Å². The van der Waals surface area contributed by atoms with Gasteiger partial charge in [0.2, 0.25) is 5.91 Å². The minimum Gasteiger partial charge on any atom is -0.465 e. The van der Waals surface area contributed by atoms with Crippen LogP contribution in [0, 0.1) is 31.6 Å². The lowest BCUT2D eigenvalue weighted by Crippen LogP contribution is -2.59. The predicted molar refractivity (Wildman–Crippen MR) is 154 cm³/mol. The molecule has 1 spiro atoms. The monoisotopic (exact) mass is 552 g/mol. The fourth-order valence-electron chi connectivity index (χ4n) is 7.15. The molecule has 1 aromatic rings. The molecule has 8 heteroatoms. The average Bonchev–Trinajstić information content (AvgIpc) is 3.56. The van der Waals surface area contributed by atoms with Crippen LogP contribution in [-0.4, -0.2) is 71.3 Å². The van der Waals surface area contributed by atoms with Crippen LogP contribution in [0.3, 0.4) is 0 Å². The van der Waals surface area contributed by atoms with Gasteiger partial charge in [0.25, 0.3) is 5.91 Å². The summed E-state index contributed by atoms with van der Waals surface area (Å²) in [6, 6.07) is 4.29. The van der Waals surface area contributed by atoms with Crippen molar-refractivity contribution in [1.82, 2.24) is 4.90 Å². The van der Waals surface area contributed by atoms with Crippen molar-refractivity contribution in [2.24, 2.45) is 17.8 Å². The number of allylic oxidation sites excluding steroid dienone is 1. The van der Waals surface area contributed by atoms with Crippen molar-refractivity contribution >= 4 is 23.5 Å². The van der Waals surface area contributed by atoms with Gasteiger partial charge in [-0.3, -0.25) is 14.4 Å². The first kappa shape index (κ1) is 30.0. The van der Waals surface area contributed by atoms with E-state index in [4.69, 9.17) is 9.47 Å². The second-order valence-corrected chi connectivity index (χ2v) is 11.8. The molecule has 3 fully saturated rings. The molecule has 218 valence electrons. The van der Waals surface area contributed by atoms with Gasteiger partial charge < -0.3 is 24.4 Å². The number of nitrogens with zero attached hydrogens (tertiary/aromatic N) is 2. The van der Waals surface area contributed by atoms with Crippen molar-refractivity contribution in [3.05, 3.63) is 54.6 Å². The number of esters is 1. The lowest BCUT2D eigenvalue weighted by molar-refractivity contribution is -0.156. The molecule has 1 aromatic carbocycles. The zero-order chi connectivity index (χ0) is 29.2. The molecule has 6 atom stereocenters. The molecule has 3 aliphatic rings. The zero-order valence-corrected chi connectivity index (χ0v) is 24.3. The van der Waals surface area contributed by atoms with Gasteiger partial charge in [0.15, 0.2) is 0 Å². The number of carbonyl (C=O) groups is 3. The third-order valence-corrected chi connectivity index (χ3v) is 8.68. The van der Waals surface area contributed by atoms with Crippen LogP contribution < -0.4 is 4.90 Å². The van der Waals surface area contributed by atoms with Gasteiger partial charge in [-0.15, -0.1) is 13.2 Å². The first-order chi connectivity index (χ1) is 19.1. The molecule has 0 aliphatic carbocycles. The smallest absolute Gasteiger partial charge is 0.312 e. The number of aliphatic hydroxyl groups excluding tert-OH is 1. The van der Waals surface area contributed by atoms with Gasteiger partial charge in [0, 0.05) is 12.2 Å². The quantitative estimate of drug-likeness (QED) is 0.225. The highest BCUT2D eigenvalue weighted by Crippen LogP contribution is 2.59. The third-order valence-electron chi connectivity index (χ3n) is 8.68. The first-order valence-corrected chi connectivity index (χ1v) is 14.5. The Balaban J connectivity index is 1.79. The second kappa shape index (κ2) is 12.3. The van der Waals surface area contributed by atoms with Crippen LogP contribution in [0.5, 0.6) is 0 Å². The van der Waals surface area contributed by atoms with E-state index in [0.29, 0.717) is 25.7 Å². The van der Waals surface area contributed by atoms with Crippen molar-refractivity contribution in [2.45, 2.75) is 83.6 Å². The van der Waals surface area contributed by atoms with Crippen molar-refractivity contribution in [2.75, 3.05) is 24.7 Å². The Morgan fingerprint density at radius 3 is 2.55 bits per heavy atom. The number of aryl methyl sites for hydroxylation is 2. The van der Waals surface area contributed by atoms with E-state index in [1.165, 1.54) is 0 Å². The van der Waals surface area contributed by atoms with Crippen molar-refractivity contribution in [1.29, 1.82) is 0 Å². The molecule has 8 nitrogen and oxygen atoms in total. The number of ether oxygens (including phenoxy) is 2. The summed E-state index contributed by atoms with van der Waals surface area (Å²) in [6.45, 7) is 15.7. The lowest BCUT2D eigenvalue weighted by atomic mass is 9.70. The Labute approximate surface area is 238 Å². The van der Waals surface area contributed by atoms with Crippen LogP contribution in [-0.2, 0) is 23.9 Å². The van der Waals surface area contributed by atoms with E-state index in [-0.39, 0.29) is 37.5 Å². The number of likely N-dealkylation sites (tertiary alicyclic amines) is 1. The summed E-state index contributed by atoms with van der Waals surface area (Å²) in [5.74, 6) is -2.49. The van der Waals surface area contributed by atoms with Gasteiger partial charge in [-0.1, -0.05) is 44.2 Å². The van der Waals surface area contributed by atoms with E-state index in [1.54, 1.807) is 22.0 Å². The van der Waals surface area contributed by atoms with E-state index in [2.05, 4.69) is 13.2 Å². The number of benzene rings is 1. The summed E-state index contributed by atoms with van der Waals surface area (Å²) in [6.07, 6.45) is 5.89. The first-order valence-electron chi connectivity index (χ1n) is 14.5. The number of amides is 2. The Morgan fingerprint density at radius 1 is 1.25 bits per heavy atom. The minimum absolute atomic E-state index is 0.171. The molecule has 0 aromatic heterocycles.